The number of Topliss-reactive ketones (excluding diaryl/α,β-unsaturated/α-hetero) is 1. The summed E-state index contributed by atoms with van der Waals surface area (Å²) in [5, 5.41) is 9.22. The minimum absolute atomic E-state index is 0.0311. The maximum atomic E-state index is 12.2. The molecule has 1 unspecified atom stereocenters. The highest BCUT2D eigenvalue weighted by molar-refractivity contribution is 6.15. The van der Waals surface area contributed by atoms with E-state index in [9.17, 15) is 9.90 Å². The fourth-order valence-corrected chi connectivity index (χ4v) is 1.88. The van der Waals surface area contributed by atoms with Crippen molar-refractivity contribution in [2.24, 2.45) is 11.8 Å². The van der Waals surface area contributed by atoms with E-state index >= 15 is 0 Å². The number of rotatable bonds is 7. The third-order valence-electron chi connectivity index (χ3n) is 3.08. The number of hydrogen-bond donors (Lipinski definition) is 1. The number of allylic oxidation sites excluding steroid dienone is 1. The maximum Gasteiger partial charge on any atom is 0.151 e. The van der Waals surface area contributed by atoms with Gasteiger partial charge in [-0.05, 0) is 32.8 Å². The second-order valence-electron chi connectivity index (χ2n) is 5.53. The summed E-state index contributed by atoms with van der Waals surface area (Å²) in [4.78, 5) is 14.0. The number of nitrogens with zero attached hydrogens (tertiary/aromatic N) is 1. The Labute approximate surface area is 113 Å². The van der Waals surface area contributed by atoms with Crippen LogP contribution in [0.4, 0.5) is 0 Å². The zero-order chi connectivity index (χ0) is 14.5. The molecule has 0 fully saturated rings. The van der Waals surface area contributed by atoms with E-state index in [1.807, 2.05) is 45.8 Å². The Bertz CT molecular complexity index is 288. The summed E-state index contributed by atoms with van der Waals surface area (Å²) in [6.07, 6.45) is 3.09. The highest BCUT2D eigenvalue weighted by atomic mass is 16.3. The van der Waals surface area contributed by atoms with Gasteiger partial charge in [-0.25, -0.2) is 0 Å². The molecule has 0 heterocycles. The molecule has 0 aliphatic rings. The normalized spacial score (nSPS) is 19.2. The monoisotopic (exact) mass is 251 g/mol. The number of hydrogen-bond acceptors (Lipinski definition) is 3. The molecular weight excluding hydrogens is 225 g/mol. The highest BCUT2D eigenvalue weighted by Gasteiger charge is 2.30. The van der Waals surface area contributed by atoms with Crippen LogP contribution >= 0.6 is 0 Å². The van der Waals surface area contributed by atoms with E-state index in [0.29, 0.717) is 0 Å². The standard InChI is InChI=1S/C14H26BNO2/c1-9(2)14(18)13(16(5)6)12(15)10(3)7-8-11(4)17/h7-13,17H,1-6H3/b8-7+/t10-,11?,12-,13+/m1/s1. The Morgan fingerprint density at radius 2 is 1.67 bits per heavy atom. The summed E-state index contributed by atoms with van der Waals surface area (Å²) in [5.74, 6) is -0.110. The average molecular weight is 251 g/mol. The summed E-state index contributed by atoms with van der Waals surface area (Å²) in [7, 11) is 9.93. The fraction of sp³-hybridized carbons (Fsp3) is 0.786. The van der Waals surface area contributed by atoms with Gasteiger partial charge >= 0.3 is 0 Å². The van der Waals surface area contributed by atoms with Crippen molar-refractivity contribution in [2.75, 3.05) is 14.1 Å². The summed E-state index contributed by atoms with van der Waals surface area (Å²) < 4.78 is 0. The van der Waals surface area contributed by atoms with Crippen molar-refractivity contribution in [3.05, 3.63) is 12.2 Å². The number of aliphatic hydroxyl groups excluding tert-OH is 1. The lowest BCUT2D eigenvalue weighted by Crippen LogP contribution is -2.43. The number of carbonyl (C=O) groups is 1. The SMILES string of the molecule is [B][C@H]([C@H](C)/C=C/C(C)O)[C@@H](C(=O)C(C)C)N(C)C. The van der Waals surface area contributed by atoms with Crippen molar-refractivity contribution in [1.82, 2.24) is 4.90 Å². The van der Waals surface area contributed by atoms with Crippen molar-refractivity contribution in [1.29, 1.82) is 0 Å². The van der Waals surface area contributed by atoms with E-state index in [2.05, 4.69) is 0 Å². The molecule has 0 spiro atoms. The Morgan fingerprint density at radius 3 is 2.00 bits per heavy atom. The Hall–Kier alpha value is -0.605. The number of aliphatic hydroxyl groups is 1. The summed E-state index contributed by atoms with van der Waals surface area (Å²) in [6, 6.07) is -0.293. The van der Waals surface area contributed by atoms with Gasteiger partial charge in [0.2, 0.25) is 0 Å². The predicted octanol–water partition coefficient (Wildman–Crippen LogP) is 1.67. The molecule has 0 aromatic carbocycles. The lowest BCUT2D eigenvalue weighted by molar-refractivity contribution is -0.126. The molecule has 0 aliphatic heterocycles. The molecule has 0 bridgehead atoms. The highest BCUT2D eigenvalue weighted by Crippen LogP contribution is 2.25. The van der Waals surface area contributed by atoms with Crippen LogP contribution < -0.4 is 0 Å². The van der Waals surface area contributed by atoms with E-state index in [-0.39, 0.29) is 29.5 Å². The second-order valence-corrected chi connectivity index (χ2v) is 5.53. The van der Waals surface area contributed by atoms with Crippen molar-refractivity contribution < 1.29 is 9.90 Å². The van der Waals surface area contributed by atoms with Crippen LogP contribution in [0.5, 0.6) is 0 Å². The average Bonchev–Trinajstić information content (AvgIpc) is 2.24. The van der Waals surface area contributed by atoms with Gasteiger partial charge in [0, 0.05) is 5.92 Å². The molecule has 0 aromatic heterocycles. The molecule has 102 valence electrons. The fourth-order valence-electron chi connectivity index (χ4n) is 1.88. The van der Waals surface area contributed by atoms with Crippen LogP contribution in [0.2, 0.25) is 5.82 Å². The summed E-state index contributed by atoms with van der Waals surface area (Å²) in [5.41, 5.74) is 0. The van der Waals surface area contributed by atoms with Crippen molar-refractivity contribution in [3.63, 3.8) is 0 Å². The van der Waals surface area contributed by atoms with Gasteiger partial charge in [-0.1, -0.05) is 32.9 Å². The van der Waals surface area contributed by atoms with Gasteiger partial charge in [0.15, 0.2) is 5.78 Å². The first-order valence-corrected chi connectivity index (χ1v) is 6.50. The quantitative estimate of drug-likeness (QED) is 0.552. The molecule has 0 saturated heterocycles. The first kappa shape index (κ1) is 17.4. The molecule has 0 rings (SSSR count). The minimum atomic E-state index is -0.488. The van der Waals surface area contributed by atoms with Crippen LogP contribution in [0.1, 0.15) is 27.7 Å². The second kappa shape index (κ2) is 7.75. The van der Waals surface area contributed by atoms with E-state index in [0.717, 1.165) is 0 Å². The lowest BCUT2D eigenvalue weighted by atomic mass is 9.69. The zero-order valence-electron chi connectivity index (χ0n) is 12.4. The molecule has 2 radical (unpaired) electrons. The number of carbonyl (C=O) groups excluding carboxylic acids is 1. The molecule has 1 N–H and O–H groups in total. The van der Waals surface area contributed by atoms with Gasteiger partial charge in [-0.2, -0.15) is 0 Å². The molecule has 18 heavy (non-hydrogen) atoms. The van der Waals surface area contributed by atoms with Crippen molar-refractivity contribution in [3.8, 4) is 0 Å². The van der Waals surface area contributed by atoms with Gasteiger partial charge in [0.25, 0.3) is 0 Å². The van der Waals surface area contributed by atoms with E-state index in [4.69, 9.17) is 7.85 Å². The third kappa shape index (κ3) is 5.36. The molecule has 4 atom stereocenters. The van der Waals surface area contributed by atoms with Crippen LogP contribution in [0.3, 0.4) is 0 Å². The molecule has 0 aliphatic carbocycles. The lowest BCUT2D eigenvalue weighted by Gasteiger charge is -2.33. The van der Waals surface area contributed by atoms with Gasteiger partial charge in [-0.15, -0.1) is 0 Å². The zero-order valence-corrected chi connectivity index (χ0v) is 12.4. The molecule has 0 amide bonds. The summed E-state index contributed by atoms with van der Waals surface area (Å²) >= 11 is 0. The van der Waals surface area contributed by atoms with E-state index in [1.54, 1.807) is 13.0 Å². The topological polar surface area (TPSA) is 40.5 Å². The van der Waals surface area contributed by atoms with Gasteiger partial charge in [0.05, 0.1) is 20.0 Å². The Balaban J connectivity index is 4.87. The predicted molar refractivity (Wildman–Crippen MR) is 76.8 cm³/mol. The largest absolute Gasteiger partial charge is 0.389 e. The van der Waals surface area contributed by atoms with E-state index < -0.39 is 6.10 Å². The summed E-state index contributed by atoms with van der Waals surface area (Å²) in [6.45, 7) is 7.44. The smallest absolute Gasteiger partial charge is 0.151 e. The van der Waals surface area contributed by atoms with Gasteiger partial charge in [0.1, 0.15) is 0 Å². The van der Waals surface area contributed by atoms with Crippen LogP contribution in [0.25, 0.3) is 0 Å². The first-order valence-electron chi connectivity index (χ1n) is 6.50. The van der Waals surface area contributed by atoms with Crippen LogP contribution in [-0.4, -0.2) is 49.9 Å². The van der Waals surface area contributed by atoms with Crippen molar-refractivity contribution in [2.45, 2.75) is 45.7 Å². The molecular formula is C14H26BNO2. The Kier molecular flexibility index (Phi) is 7.49. The van der Waals surface area contributed by atoms with Crippen LogP contribution in [0, 0.1) is 11.8 Å². The van der Waals surface area contributed by atoms with E-state index in [1.165, 1.54) is 0 Å². The molecule has 3 nitrogen and oxygen atoms in total. The minimum Gasteiger partial charge on any atom is -0.389 e. The number of ketones is 1. The van der Waals surface area contributed by atoms with Crippen LogP contribution in [-0.2, 0) is 4.79 Å². The van der Waals surface area contributed by atoms with Gasteiger partial charge < -0.3 is 10.0 Å². The van der Waals surface area contributed by atoms with Crippen LogP contribution in [0.15, 0.2) is 12.2 Å². The molecule has 0 aromatic rings. The molecule has 0 saturated carbocycles. The molecule has 4 heteroatoms. The van der Waals surface area contributed by atoms with Gasteiger partial charge in [-0.3, -0.25) is 4.79 Å². The third-order valence-corrected chi connectivity index (χ3v) is 3.08. The first-order chi connectivity index (χ1) is 8.18. The maximum absolute atomic E-state index is 12.2. The number of likely N-dealkylation sites (N-methyl/N-ethyl adjacent to an activating group) is 1. The Morgan fingerprint density at radius 1 is 1.17 bits per heavy atom. The van der Waals surface area contributed by atoms with Crippen molar-refractivity contribution >= 4 is 13.6 Å².